The first kappa shape index (κ1) is 17.4. The van der Waals surface area contributed by atoms with Crippen molar-refractivity contribution in [3.63, 3.8) is 0 Å². The lowest BCUT2D eigenvalue weighted by Crippen LogP contribution is -1.70. The summed E-state index contributed by atoms with van der Waals surface area (Å²) in [7, 11) is 0. The van der Waals surface area contributed by atoms with Crippen molar-refractivity contribution in [2.24, 2.45) is 0 Å². The molecule has 74 valence electrons. The lowest BCUT2D eigenvalue weighted by molar-refractivity contribution is 0.430. The Morgan fingerprint density at radius 1 is 1.17 bits per heavy atom. The molecule has 0 aromatic carbocycles. The Bertz CT molecular complexity index is 102. The van der Waals surface area contributed by atoms with Gasteiger partial charge in [0.2, 0.25) is 0 Å². The predicted octanol–water partition coefficient (Wildman–Crippen LogP) is 4.47. The van der Waals surface area contributed by atoms with Crippen LogP contribution in [0.5, 0.6) is 0 Å². The molecule has 0 aliphatic carbocycles. The van der Waals surface area contributed by atoms with E-state index in [0.29, 0.717) is 5.76 Å². The van der Waals surface area contributed by atoms with Gasteiger partial charge in [-0.2, -0.15) is 0 Å². The molecule has 1 nitrogen and oxygen atoms in total. The van der Waals surface area contributed by atoms with Crippen LogP contribution in [0.4, 0.5) is 0 Å². The monoisotopic (exact) mass is 172 g/mol. The van der Waals surface area contributed by atoms with Crippen molar-refractivity contribution in [3.05, 3.63) is 24.0 Å². The number of aliphatic hydroxyl groups excluding tert-OH is 1. The molecule has 0 heterocycles. The second kappa shape index (κ2) is 22.4. The third-order valence-electron chi connectivity index (χ3n) is 0.751. The molecule has 0 rings (SSSR count). The van der Waals surface area contributed by atoms with Crippen molar-refractivity contribution in [1.82, 2.24) is 0 Å². The van der Waals surface area contributed by atoms with Gasteiger partial charge in [0.05, 0.1) is 0 Å². The van der Waals surface area contributed by atoms with Crippen LogP contribution in [0.2, 0.25) is 0 Å². The van der Waals surface area contributed by atoms with E-state index < -0.39 is 0 Å². The molecular formula is C11H24O. The van der Waals surface area contributed by atoms with Crippen molar-refractivity contribution >= 4 is 0 Å². The van der Waals surface area contributed by atoms with E-state index >= 15 is 0 Å². The molecule has 0 saturated heterocycles. The average molecular weight is 172 g/mol. The van der Waals surface area contributed by atoms with Crippen molar-refractivity contribution in [1.29, 1.82) is 0 Å². The first-order valence-electron chi connectivity index (χ1n) is 4.83. The smallest absolute Gasteiger partial charge is 0.111 e. The SMILES string of the molecule is C/C=C\C(O)=C/CC.CC.CC. The molecule has 0 radical (unpaired) electrons. The van der Waals surface area contributed by atoms with Gasteiger partial charge in [0.1, 0.15) is 5.76 Å². The van der Waals surface area contributed by atoms with E-state index in [4.69, 9.17) is 5.11 Å². The fraction of sp³-hybridized carbons (Fsp3) is 0.636. The molecule has 12 heavy (non-hydrogen) atoms. The third-order valence-corrected chi connectivity index (χ3v) is 0.751. The van der Waals surface area contributed by atoms with Gasteiger partial charge in [-0.15, -0.1) is 0 Å². The highest BCUT2D eigenvalue weighted by Crippen LogP contribution is 1.91. The molecule has 0 fully saturated rings. The lowest BCUT2D eigenvalue weighted by Gasteiger charge is -1.84. The Balaban J connectivity index is -0.000000175. The molecule has 0 amide bonds. The maximum Gasteiger partial charge on any atom is 0.111 e. The summed E-state index contributed by atoms with van der Waals surface area (Å²) in [6.07, 6.45) is 6.13. The number of aliphatic hydroxyl groups is 1. The Labute approximate surface area is 77.8 Å². The zero-order valence-corrected chi connectivity index (χ0v) is 9.39. The maximum absolute atomic E-state index is 8.82. The Hall–Kier alpha value is -0.720. The van der Waals surface area contributed by atoms with Crippen LogP contribution < -0.4 is 0 Å². The maximum atomic E-state index is 8.82. The highest BCUT2D eigenvalue weighted by atomic mass is 16.3. The Morgan fingerprint density at radius 2 is 1.58 bits per heavy atom. The zero-order valence-electron chi connectivity index (χ0n) is 9.39. The van der Waals surface area contributed by atoms with Gasteiger partial charge in [-0.05, 0) is 25.5 Å². The second-order valence-corrected chi connectivity index (χ2v) is 1.54. The van der Waals surface area contributed by atoms with Gasteiger partial charge in [0, 0.05) is 0 Å². The quantitative estimate of drug-likeness (QED) is 0.481. The molecule has 0 aliphatic rings. The summed E-state index contributed by atoms with van der Waals surface area (Å²) in [6, 6.07) is 0. The summed E-state index contributed by atoms with van der Waals surface area (Å²) in [6.45, 7) is 11.9. The van der Waals surface area contributed by atoms with Crippen LogP contribution in [0.15, 0.2) is 24.0 Å². The minimum atomic E-state index is 0.356. The van der Waals surface area contributed by atoms with Crippen molar-refractivity contribution in [2.75, 3.05) is 0 Å². The summed E-state index contributed by atoms with van der Waals surface area (Å²) < 4.78 is 0. The van der Waals surface area contributed by atoms with E-state index in [1.165, 1.54) is 0 Å². The van der Waals surface area contributed by atoms with Crippen LogP contribution in [0, 0.1) is 0 Å². The van der Waals surface area contributed by atoms with E-state index in [0.717, 1.165) is 6.42 Å². The number of hydrogen-bond donors (Lipinski definition) is 1. The second-order valence-electron chi connectivity index (χ2n) is 1.54. The topological polar surface area (TPSA) is 20.2 Å². The average Bonchev–Trinajstić information content (AvgIpc) is 2.12. The molecule has 0 unspecified atom stereocenters. The van der Waals surface area contributed by atoms with E-state index in [-0.39, 0.29) is 0 Å². The summed E-state index contributed by atoms with van der Waals surface area (Å²) in [5.41, 5.74) is 0. The molecule has 0 spiro atoms. The first-order chi connectivity index (χ1) is 5.81. The fourth-order valence-corrected chi connectivity index (χ4v) is 0.448. The van der Waals surface area contributed by atoms with Crippen molar-refractivity contribution in [3.8, 4) is 0 Å². The minimum absolute atomic E-state index is 0.356. The van der Waals surface area contributed by atoms with Gasteiger partial charge in [0.15, 0.2) is 0 Å². The van der Waals surface area contributed by atoms with Crippen molar-refractivity contribution in [2.45, 2.75) is 48.0 Å². The van der Waals surface area contributed by atoms with E-state index in [2.05, 4.69) is 0 Å². The van der Waals surface area contributed by atoms with Gasteiger partial charge in [-0.25, -0.2) is 0 Å². The first-order valence-corrected chi connectivity index (χ1v) is 4.83. The molecular weight excluding hydrogens is 148 g/mol. The molecule has 0 saturated carbocycles. The number of rotatable bonds is 2. The van der Waals surface area contributed by atoms with Crippen LogP contribution in [0.1, 0.15) is 48.0 Å². The highest BCUT2D eigenvalue weighted by Gasteiger charge is 1.77. The van der Waals surface area contributed by atoms with Crippen molar-refractivity contribution < 1.29 is 5.11 Å². The standard InChI is InChI=1S/C7H12O.2C2H6/c1-3-5-7(8)6-4-2;2*1-2/h3,5-6,8H,4H2,1-2H3;2*1-2H3/b5-3-,7-6+;;. The van der Waals surface area contributed by atoms with Gasteiger partial charge >= 0.3 is 0 Å². The van der Waals surface area contributed by atoms with Crippen LogP contribution >= 0.6 is 0 Å². The molecule has 0 aromatic heterocycles. The summed E-state index contributed by atoms with van der Waals surface area (Å²) in [5, 5.41) is 8.82. The zero-order chi connectivity index (χ0) is 10.4. The molecule has 0 aromatic rings. The van der Waals surface area contributed by atoms with Crippen LogP contribution in [-0.4, -0.2) is 5.11 Å². The molecule has 0 atom stereocenters. The van der Waals surface area contributed by atoms with Gasteiger partial charge in [-0.3, -0.25) is 0 Å². The Morgan fingerprint density at radius 3 is 1.83 bits per heavy atom. The lowest BCUT2D eigenvalue weighted by atomic mass is 10.3. The largest absolute Gasteiger partial charge is 0.508 e. The fourth-order valence-electron chi connectivity index (χ4n) is 0.448. The van der Waals surface area contributed by atoms with E-state index in [1.54, 1.807) is 12.2 Å². The number of hydrogen-bond acceptors (Lipinski definition) is 1. The summed E-state index contributed by atoms with van der Waals surface area (Å²) in [5.74, 6) is 0.356. The van der Waals surface area contributed by atoms with Gasteiger partial charge in [0.25, 0.3) is 0 Å². The van der Waals surface area contributed by atoms with Crippen LogP contribution in [0.3, 0.4) is 0 Å². The van der Waals surface area contributed by atoms with Crippen LogP contribution in [0.25, 0.3) is 0 Å². The number of allylic oxidation sites excluding steroid dienone is 3. The van der Waals surface area contributed by atoms with Crippen LogP contribution in [-0.2, 0) is 0 Å². The minimum Gasteiger partial charge on any atom is -0.508 e. The van der Waals surface area contributed by atoms with E-state index in [9.17, 15) is 0 Å². The normalized spacial score (nSPS) is 9.67. The van der Waals surface area contributed by atoms with Gasteiger partial charge in [-0.1, -0.05) is 40.7 Å². The van der Waals surface area contributed by atoms with E-state index in [1.807, 2.05) is 47.6 Å². The summed E-state index contributed by atoms with van der Waals surface area (Å²) in [4.78, 5) is 0. The molecule has 0 aliphatic heterocycles. The van der Waals surface area contributed by atoms with Gasteiger partial charge < -0.3 is 5.11 Å². The third kappa shape index (κ3) is 22.8. The highest BCUT2D eigenvalue weighted by molar-refractivity contribution is 5.08. The predicted molar refractivity (Wildman–Crippen MR) is 58.5 cm³/mol. The Kier molecular flexibility index (Phi) is 32.5. The summed E-state index contributed by atoms with van der Waals surface area (Å²) >= 11 is 0. The molecule has 1 N–H and O–H groups in total. The molecule has 0 bridgehead atoms. The molecule has 1 heteroatoms.